The van der Waals surface area contributed by atoms with Crippen LogP contribution in [-0.4, -0.2) is 52.0 Å². The van der Waals surface area contributed by atoms with Gasteiger partial charge in [-0.1, -0.05) is 24.3 Å². The van der Waals surface area contributed by atoms with Crippen LogP contribution in [-0.2, 0) is 11.3 Å². The Bertz CT molecular complexity index is 1020. The maximum Gasteiger partial charge on any atom is 0.335 e. The standard InChI is InChI=1S/C21H21N3O4/c1-13-12-28-9-8-24(13)20-19(15-4-2-14(11-25)3-5-15)22-17-7-6-16(21(26)27)10-18(17)23-20/h2-7,10,13,25H,8-9,11-12H2,1H3,(H,26,27)/t13-/m0/s1. The molecular weight excluding hydrogens is 358 g/mol. The topological polar surface area (TPSA) is 95.8 Å². The molecule has 0 bridgehead atoms. The zero-order valence-electron chi connectivity index (χ0n) is 15.5. The Hall–Kier alpha value is -3.03. The first kappa shape index (κ1) is 18.3. The molecule has 7 heteroatoms. The molecule has 0 amide bonds. The van der Waals surface area contributed by atoms with E-state index >= 15 is 0 Å². The lowest BCUT2D eigenvalue weighted by Gasteiger charge is -2.35. The van der Waals surface area contributed by atoms with Crippen LogP contribution in [0.4, 0.5) is 5.82 Å². The second-order valence-corrected chi connectivity index (χ2v) is 6.88. The van der Waals surface area contributed by atoms with Crippen LogP contribution in [0.25, 0.3) is 22.3 Å². The number of anilines is 1. The molecule has 28 heavy (non-hydrogen) atoms. The number of fused-ring (bicyclic) bond motifs is 1. The fourth-order valence-electron chi connectivity index (χ4n) is 3.38. The molecule has 1 aromatic heterocycles. The average Bonchev–Trinajstić information content (AvgIpc) is 2.73. The fourth-order valence-corrected chi connectivity index (χ4v) is 3.38. The van der Waals surface area contributed by atoms with E-state index in [1.807, 2.05) is 24.3 Å². The van der Waals surface area contributed by atoms with Crippen molar-refractivity contribution in [2.24, 2.45) is 0 Å². The van der Waals surface area contributed by atoms with E-state index in [1.165, 1.54) is 6.07 Å². The van der Waals surface area contributed by atoms with Gasteiger partial charge in [0.05, 0.1) is 42.5 Å². The summed E-state index contributed by atoms with van der Waals surface area (Å²) in [6.07, 6.45) is 0. The molecule has 0 saturated carbocycles. The zero-order valence-corrected chi connectivity index (χ0v) is 15.5. The summed E-state index contributed by atoms with van der Waals surface area (Å²) in [5.41, 5.74) is 3.81. The Kier molecular flexibility index (Phi) is 4.93. The number of aromatic nitrogens is 2. The van der Waals surface area contributed by atoms with E-state index in [2.05, 4.69) is 11.8 Å². The molecule has 144 valence electrons. The van der Waals surface area contributed by atoms with Gasteiger partial charge < -0.3 is 19.8 Å². The second kappa shape index (κ2) is 7.53. The highest BCUT2D eigenvalue weighted by molar-refractivity contribution is 5.93. The molecular formula is C21H21N3O4. The quantitative estimate of drug-likeness (QED) is 0.719. The van der Waals surface area contributed by atoms with Crippen molar-refractivity contribution in [1.29, 1.82) is 0 Å². The number of aliphatic hydroxyl groups excluding tert-OH is 1. The van der Waals surface area contributed by atoms with Crippen LogP contribution in [0, 0.1) is 0 Å². The number of benzene rings is 2. The molecule has 0 spiro atoms. The largest absolute Gasteiger partial charge is 0.478 e. The summed E-state index contributed by atoms with van der Waals surface area (Å²) in [7, 11) is 0. The Balaban J connectivity index is 1.90. The van der Waals surface area contributed by atoms with Crippen LogP contribution >= 0.6 is 0 Å². The molecule has 7 nitrogen and oxygen atoms in total. The third-order valence-corrected chi connectivity index (χ3v) is 4.94. The van der Waals surface area contributed by atoms with Crippen molar-refractivity contribution in [3.05, 3.63) is 53.6 Å². The molecule has 1 fully saturated rings. The van der Waals surface area contributed by atoms with E-state index in [9.17, 15) is 15.0 Å². The minimum Gasteiger partial charge on any atom is -0.478 e. The molecule has 3 aromatic rings. The molecule has 1 saturated heterocycles. The predicted molar refractivity (Wildman–Crippen MR) is 105 cm³/mol. The summed E-state index contributed by atoms with van der Waals surface area (Å²) in [4.78, 5) is 23.1. The molecule has 1 aliphatic rings. The van der Waals surface area contributed by atoms with E-state index in [0.717, 1.165) is 16.8 Å². The van der Waals surface area contributed by atoms with Crippen molar-refractivity contribution in [3.63, 3.8) is 0 Å². The van der Waals surface area contributed by atoms with Crippen LogP contribution in [0.3, 0.4) is 0 Å². The molecule has 2 aromatic carbocycles. The summed E-state index contributed by atoms with van der Waals surface area (Å²) in [5.74, 6) is -0.281. The lowest BCUT2D eigenvalue weighted by Crippen LogP contribution is -2.44. The van der Waals surface area contributed by atoms with Crippen molar-refractivity contribution in [2.75, 3.05) is 24.7 Å². The van der Waals surface area contributed by atoms with E-state index in [0.29, 0.717) is 36.6 Å². The highest BCUT2D eigenvalue weighted by Crippen LogP contribution is 2.32. The van der Waals surface area contributed by atoms with Crippen molar-refractivity contribution < 1.29 is 19.7 Å². The molecule has 2 N–H and O–H groups in total. The lowest BCUT2D eigenvalue weighted by molar-refractivity contribution is 0.0697. The van der Waals surface area contributed by atoms with Gasteiger partial charge in [-0.15, -0.1) is 0 Å². The van der Waals surface area contributed by atoms with Crippen molar-refractivity contribution in [1.82, 2.24) is 9.97 Å². The maximum atomic E-state index is 11.3. The van der Waals surface area contributed by atoms with Crippen LogP contribution in [0.2, 0.25) is 0 Å². The zero-order chi connectivity index (χ0) is 19.7. The van der Waals surface area contributed by atoms with Crippen LogP contribution < -0.4 is 4.90 Å². The maximum absolute atomic E-state index is 11.3. The lowest BCUT2D eigenvalue weighted by atomic mass is 10.1. The number of morpholine rings is 1. The number of carboxylic acid groups (broad SMARTS) is 1. The monoisotopic (exact) mass is 379 g/mol. The fraction of sp³-hybridized carbons (Fsp3) is 0.286. The van der Waals surface area contributed by atoms with Gasteiger partial charge in [0.2, 0.25) is 0 Å². The number of hydrogen-bond acceptors (Lipinski definition) is 6. The van der Waals surface area contributed by atoms with Gasteiger partial charge in [0, 0.05) is 12.1 Å². The Labute approximate surface area is 162 Å². The third-order valence-electron chi connectivity index (χ3n) is 4.94. The number of rotatable bonds is 4. The van der Waals surface area contributed by atoms with Crippen molar-refractivity contribution >= 4 is 22.8 Å². The Morgan fingerprint density at radius 1 is 1.18 bits per heavy atom. The van der Waals surface area contributed by atoms with Gasteiger partial charge in [0.25, 0.3) is 0 Å². The number of nitrogens with zero attached hydrogens (tertiary/aromatic N) is 3. The van der Waals surface area contributed by atoms with Crippen molar-refractivity contribution in [2.45, 2.75) is 19.6 Å². The van der Waals surface area contributed by atoms with Gasteiger partial charge in [0.1, 0.15) is 5.69 Å². The molecule has 1 aliphatic heterocycles. The SMILES string of the molecule is C[C@H]1COCCN1c1nc2cc(C(=O)O)ccc2nc1-c1ccc(CO)cc1. The number of aromatic carboxylic acids is 1. The summed E-state index contributed by atoms with van der Waals surface area (Å²) < 4.78 is 5.55. The van der Waals surface area contributed by atoms with E-state index in [-0.39, 0.29) is 18.2 Å². The molecule has 1 atom stereocenters. The van der Waals surface area contributed by atoms with Crippen molar-refractivity contribution in [3.8, 4) is 11.3 Å². The van der Waals surface area contributed by atoms with Crippen LogP contribution in [0.5, 0.6) is 0 Å². The van der Waals surface area contributed by atoms with Crippen LogP contribution in [0.15, 0.2) is 42.5 Å². The molecule has 0 unspecified atom stereocenters. The second-order valence-electron chi connectivity index (χ2n) is 6.88. The number of aliphatic hydroxyl groups is 1. The summed E-state index contributed by atoms with van der Waals surface area (Å²) in [5, 5.41) is 18.6. The Morgan fingerprint density at radius 2 is 1.96 bits per heavy atom. The number of carbonyl (C=O) groups is 1. The van der Waals surface area contributed by atoms with Crippen LogP contribution in [0.1, 0.15) is 22.8 Å². The third kappa shape index (κ3) is 3.42. The van der Waals surface area contributed by atoms with Gasteiger partial charge in [-0.05, 0) is 30.7 Å². The molecule has 2 heterocycles. The number of hydrogen-bond donors (Lipinski definition) is 2. The minimum absolute atomic E-state index is 0.0189. The normalized spacial score (nSPS) is 17.1. The van der Waals surface area contributed by atoms with Gasteiger partial charge in [-0.25, -0.2) is 14.8 Å². The summed E-state index contributed by atoms with van der Waals surface area (Å²) >= 11 is 0. The summed E-state index contributed by atoms with van der Waals surface area (Å²) in [6.45, 7) is 3.92. The number of ether oxygens (including phenoxy) is 1. The highest BCUT2D eigenvalue weighted by Gasteiger charge is 2.25. The first-order chi connectivity index (χ1) is 13.6. The van der Waals surface area contributed by atoms with Gasteiger partial charge in [-0.3, -0.25) is 0 Å². The molecule has 0 aliphatic carbocycles. The average molecular weight is 379 g/mol. The molecule has 4 rings (SSSR count). The van der Waals surface area contributed by atoms with E-state index in [1.54, 1.807) is 12.1 Å². The first-order valence-corrected chi connectivity index (χ1v) is 9.16. The van der Waals surface area contributed by atoms with E-state index < -0.39 is 5.97 Å². The predicted octanol–water partition coefficient (Wildman–Crippen LogP) is 2.71. The summed E-state index contributed by atoms with van der Waals surface area (Å²) in [6, 6.07) is 12.5. The van der Waals surface area contributed by atoms with Gasteiger partial charge in [0.15, 0.2) is 5.82 Å². The highest BCUT2D eigenvalue weighted by atomic mass is 16.5. The molecule has 0 radical (unpaired) electrons. The minimum atomic E-state index is -0.992. The number of carboxylic acids is 1. The van der Waals surface area contributed by atoms with E-state index in [4.69, 9.17) is 14.7 Å². The van der Waals surface area contributed by atoms with Gasteiger partial charge >= 0.3 is 5.97 Å². The smallest absolute Gasteiger partial charge is 0.335 e. The van der Waals surface area contributed by atoms with Gasteiger partial charge in [-0.2, -0.15) is 0 Å². The first-order valence-electron chi connectivity index (χ1n) is 9.16. The Morgan fingerprint density at radius 3 is 2.64 bits per heavy atom.